The fraction of sp³-hybridized carbons (Fsp3) is 0.600. The van der Waals surface area contributed by atoms with E-state index in [4.69, 9.17) is 9.47 Å². The molecule has 1 aromatic rings. The predicted octanol–water partition coefficient (Wildman–Crippen LogP) is 5.42. The van der Waals surface area contributed by atoms with Gasteiger partial charge in [-0.3, -0.25) is 4.79 Å². The highest BCUT2D eigenvalue weighted by atomic mass is 16.6. The Morgan fingerprint density at radius 1 is 1.10 bits per heavy atom. The summed E-state index contributed by atoms with van der Waals surface area (Å²) in [6.07, 6.45) is 6.48. The molecule has 0 aromatic heterocycles. The molecular weight excluding hydrogens is 364 g/mol. The zero-order chi connectivity index (χ0) is 21.4. The number of allylic oxidation sites excluding steroid dienone is 1. The second-order valence-electron chi connectivity index (χ2n) is 9.70. The lowest BCUT2D eigenvalue weighted by molar-refractivity contribution is -0.201. The van der Waals surface area contributed by atoms with Gasteiger partial charge in [-0.15, -0.1) is 0 Å². The third-order valence-electron chi connectivity index (χ3n) is 7.47. The molecule has 0 radical (unpaired) electrons. The van der Waals surface area contributed by atoms with Crippen LogP contribution in [0.1, 0.15) is 65.9 Å². The molecule has 4 nitrogen and oxygen atoms in total. The molecule has 0 aliphatic heterocycles. The van der Waals surface area contributed by atoms with Crippen molar-refractivity contribution in [3.05, 3.63) is 47.5 Å². The topological polar surface area (TPSA) is 52.6 Å². The van der Waals surface area contributed by atoms with Crippen LogP contribution in [0.2, 0.25) is 0 Å². The lowest BCUT2D eigenvalue weighted by atomic mass is 9.45. The smallest absolute Gasteiger partial charge is 0.355 e. The summed E-state index contributed by atoms with van der Waals surface area (Å²) < 4.78 is 11.3. The Balaban J connectivity index is 2.31. The highest BCUT2D eigenvalue weighted by Crippen LogP contribution is 2.64. The molecular formula is C25H34O4. The Kier molecular flexibility index (Phi) is 5.68. The molecule has 158 valence electrons. The second kappa shape index (κ2) is 7.62. The van der Waals surface area contributed by atoms with E-state index in [0.29, 0.717) is 11.5 Å². The van der Waals surface area contributed by atoms with E-state index in [9.17, 15) is 9.59 Å². The summed E-state index contributed by atoms with van der Waals surface area (Å²) in [5, 5.41) is 0. The van der Waals surface area contributed by atoms with Crippen LogP contribution in [0.4, 0.5) is 0 Å². The Hall–Kier alpha value is -2.10. The van der Waals surface area contributed by atoms with Gasteiger partial charge in [-0.25, -0.2) is 4.79 Å². The van der Waals surface area contributed by atoms with Crippen molar-refractivity contribution < 1.29 is 19.1 Å². The average molecular weight is 399 g/mol. The van der Waals surface area contributed by atoms with E-state index in [1.807, 2.05) is 30.3 Å². The van der Waals surface area contributed by atoms with E-state index >= 15 is 0 Å². The number of carbonyl (C=O) groups is 2. The van der Waals surface area contributed by atoms with Crippen molar-refractivity contribution in [1.29, 1.82) is 0 Å². The molecule has 2 aliphatic rings. The first-order valence-corrected chi connectivity index (χ1v) is 10.6. The van der Waals surface area contributed by atoms with Crippen LogP contribution in [0.25, 0.3) is 0 Å². The Labute approximate surface area is 174 Å². The largest absolute Gasteiger partial charge is 0.466 e. The molecule has 1 saturated carbocycles. The molecule has 4 unspecified atom stereocenters. The molecule has 2 aliphatic carbocycles. The first-order chi connectivity index (χ1) is 13.6. The Morgan fingerprint density at radius 2 is 1.76 bits per heavy atom. The number of fused-ring (bicyclic) bond motifs is 1. The molecule has 4 atom stereocenters. The molecule has 3 rings (SSSR count). The summed E-state index contributed by atoms with van der Waals surface area (Å²) in [6.45, 7) is 10.4. The van der Waals surface area contributed by atoms with Crippen molar-refractivity contribution in [1.82, 2.24) is 0 Å². The van der Waals surface area contributed by atoms with Crippen molar-refractivity contribution >= 4 is 11.9 Å². The third kappa shape index (κ3) is 3.41. The van der Waals surface area contributed by atoms with Gasteiger partial charge >= 0.3 is 11.9 Å². The molecule has 0 amide bonds. The van der Waals surface area contributed by atoms with Gasteiger partial charge in [0.1, 0.15) is 0 Å². The molecule has 0 bridgehead atoms. The number of benzene rings is 1. The quantitative estimate of drug-likeness (QED) is 0.502. The average Bonchev–Trinajstić information content (AvgIpc) is 2.65. The van der Waals surface area contributed by atoms with Gasteiger partial charge in [0.25, 0.3) is 0 Å². The van der Waals surface area contributed by atoms with Crippen molar-refractivity contribution in [2.24, 2.45) is 22.7 Å². The third-order valence-corrected chi connectivity index (χ3v) is 7.47. The summed E-state index contributed by atoms with van der Waals surface area (Å²) in [5.74, 6) is -0.887. The van der Waals surface area contributed by atoms with Gasteiger partial charge in [0, 0.05) is 18.4 Å². The summed E-state index contributed by atoms with van der Waals surface area (Å²) in [7, 11) is 1.37. The minimum absolute atomic E-state index is 0.150. The highest BCUT2D eigenvalue weighted by Gasteiger charge is 2.63. The van der Waals surface area contributed by atoms with Crippen LogP contribution >= 0.6 is 0 Å². The SMILES string of the molecule is COC(=O)C(OC(C)=O)(c1ccccc1)C1C(C)=CCC2C(C)(C)CCCC21C. The van der Waals surface area contributed by atoms with E-state index in [2.05, 4.69) is 33.8 Å². The maximum atomic E-state index is 13.5. The fourth-order valence-corrected chi connectivity index (χ4v) is 6.45. The molecule has 0 N–H and O–H groups in total. The summed E-state index contributed by atoms with van der Waals surface area (Å²) in [4.78, 5) is 25.8. The minimum Gasteiger partial charge on any atom is -0.466 e. The van der Waals surface area contributed by atoms with Gasteiger partial charge in [0.15, 0.2) is 0 Å². The normalized spacial score (nSPS) is 30.3. The van der Waals surface area contributed by atoms with Crippen LogP contribution < -0.4 is 0 Å². The molecule has 0 saturated heterocycles. The monoisotopic (exact) mass is 398 g/mol. The van der Waals surface area contributed by atoms with Gasteiger partial charge in [0.05, 0.1) is 7.11 Å². The lowest BCUT2D eigenvalue weighted by Crippen LogP contribution is -2.59. The summed E-state index contributed by atoms with van der Waals surface area (Å²) in [5.41, 5.74) is 0.225. The zero-order valence-corrected chi connectivity index (χ0v) is 18.6. The number of methoxy groups -OCH3 is 1. The van der Waals surface area contributed by atoms with E-state index in [1.54, 1.807) is 0 Å². The van der Waals surface area contributed by atoms with Gasteiger partial charge < -0.3 is 9.47 Å². The highest BCUT2D eigenvalue weighted by molar-refractivity contribution is 5.85. The molecule has 29 heavy (non-hydrogen) atoms. The first-order valence-electron chi connectivity index (χ1n) is 10.6. The van der Waals surface area contributed by atoms with Gasteiger partial charge in [0.2, 0.25) is 5.60 Å². The number of hydrogen-bond donors (Lipinski definition) is 0. The maximum Gasteiger partial charge on any atom is 0.355 e. The van der Waals surface area contributed by atoms with Gasteiger partial charge in [-0.2, -0.15) is 0 Å². The van der Waals surface area contributed by atoms with Gasteiger partial charge in [-0.05, 0) is 42.9 Å². The minimum atomic E-state index is -1.50. The summed E-state index contributed by atoms with van der Waals surface area (Å²) >= 11 is 0. The van der Waals surface area contributed by atoms with Crippen LogP contribution in [0, 0.1) is 22.7 Å². The van der Waals surface area contributed by atoms with Crippen molar-refractivity contribution in [3.63, 3.8) is 0 Å². The Morgan fingerprint density at radius 3 is 2.34 bits per heavy atom. The van der Waals surface area contributed by atoms with Crippen molar-refractivity contribution in [3.8, 4) is 0 Å². The second-order valence-corrected chi connectivity index (χ2v) is 9.70. The number of esters is 2. The fourth-order valence-electron chi connectivity index (χ4n) is 6.45. The van der Waals surface area contributed by atoms with Crippen LogP contribution in [-0.2, 0) is 24.7 Å². The number of ether oxygens (including phenoxy) is 2. The summed E-state index contributed by atoms with van der Waals surface area (Å²) in [6, 6.07) is 9.39. The number of rotatable bonds is 4. The number of hydrogen-bond acceptors (Lipinski definition) is 4. The van der Waals surface area contributed by atoms with E-state index < -0.39 is 17.5 Å². The standard InChI is InChI=1S/C25H34O4/c1-17-13-14-20-23(3,4)15-10-16-24(20,5)21(17)25(22(27)28-6,29-18(2)26)19-11-8-7-9-12-19/h7-9,11-13,20-21H,10,14-16H2,1-6H3. The molecule has 4 heteroatoms. The predicted molar refractivity (Wildman–Crippen MR) is 113 cm³/mol. The molecule has 0 spiro atoms. The van der Waals surface area contributed by atoms with E-state index in [1.165, 1.54) is 14.0 Å². The van der Waals surface area contributed by atoms with Gasteiger partial charge in [-0.1, -0.05) is 69.2 Å². The van der Waals surface area contributed by atoms with Crippen LogP contribution in [0.5, 0.6) is 0 Å². The molecule has 0 heterocycles. The van der Waals surface area contributed by atoms with E-state index in [-0.39, 0.29) is 16.7 Å². The van der Waals surface area contributed by atoms with Crippen molar-refractivity contribution in [2.75, 3.05) is 7.11 Å². The first kappa shape index (κ1) is 21.6. The van der Waals surface area contributed by atoms with Crippen LogP contribution in [-0.4, -0.2) is 19.0 Å². The molecule has 1 aromatic carbocycles. The number of carbonyl (C=O) groups excluding carboxylic acids is 2. The zero-order valence-electron chi connectivity index (χ0n) is 18.6. The maximum absolute atomic E-state index is 13.5. The molecule has 1 fully saturated rings. The Bertz CT molecular complexity index is 809. The van der Waals surface area contributed by atoms with E-state index in [0.717, 1.165) is 31.3 Å². The van der Waals surface area contributed by atoms with Crippen LogP contribution in [0.3, 0.4) is 0 Å². The lowest BCUT2D eigenvalue weighted by Gasteiger charge is -2.59. The van der Waals surface area contributed by atoms with Crippen molar-refractivity contribution in [2.45, 2.75) is 65.9 Å². The van der Waals surface area contributed by atoms with Crippen LogP contribution in [0.15, 0.2) is 42.0 Å².